The van der Waals surface area contributed by atoms with Crippen LogP contribution >= 0.6 is 15.9 Å². The molecular formula is C13H14BrFN6O3. The van der Waals surface area contributed by atoms with E-state index < -0.39 is 11.8 Å². The van der Waals surface area contributed by atoms with E-state index >= 15 is 0 Å². The zero-order valence-corrected chi connectivity index (χ0v) is 13.8. The van der Waals surface area contributed by atoms with Crippen LogP contribution in [0.1, 0.15) is 5.69 Å². The highest BCUT2D eigenvalue weighted by molar-refractivity contribution is 9.10. The molecular weight excluding hydrogens is 387 g/mol. The molecule has 1 heterocycles. The van der Waals surface area contributed by atoms with Crippen LogP contribution in [0, 0.1) is 5.82 Å². The number of hydrogen-bond acceptors (Lipinski definition) is 6. The Hall–Kier alpha value is -2.66. The normalized spacial score (nSPS) is 11.2. The van der Waals surface area contributed by atoms with E-state index in [2.05, 4.69) is 42.2 Å². The van der Waals surface area contributed by atoms with Crippen molar-refractivity contribution in [1.29, 1.82) is 0 Å². The van der Waals surface area contributed by atoms with Crippen LogP contribution in [0.4, 0.5) is 20.6 Å². The van der Waals surface area contributed by atoms with Crippen molar-refractivity contribution >= 4 is 39.2 Å². The summed E-state index contributed by atoms with van der Waals surface area (Å²) in [6, 6.07) is 3.59. The van der Waals surface area contributed by atoms with E-state index in [9.17, 15) is 14.4 Å². The highest BCUT2D eigenvalue weighted by atomic mass is 79.9. The van der Waals surface area contributed by atoms with Gasteiger partial charge >= 0.3 is 6.03 Å². The summed E-state index contributed by atoms with van der Waals surface area (Å²) in [6.45, 7) is 0.573. The van der Waals surface area contributed by atoms with Crippen molar-refractivity contribution in [2.75, 3.05) is 23.7 Å². The molecule has 0 saturated heterocycles. The Kier molecular flexibility index (Phi) is 6.09. The van der Waals surface area contributed by atoms with Crippen molar-refractivity contribution in [2.24, 2.45) is 10.9 Å². The van der Waals surface area contributed by atoms with Gasteiger partial charge in [-0.25, -0.2) is 9.18 Å². The van der Waals surface area contributed by atoms with Gasteiger partial charge in [-0.15, -0.1) is 0 Å². The Bertz CT molecular complexity index is 751. The summed E-state index contributed by atoms with van der Waals surface area (Å²) in [5.41, 5.74) is 5.95. The summed E-state index contributed by atoms with van der Waals surface area (Å²) in [6.07, 6.45) is 1.17. The van der Waals surface area contributed by atoms with E-state index in [0.29, 0.717) is 5.69 Å². The maximum Gasteiger partial charge on any atom is 0.319 e. The first kappa shape index (κ1) is 17.7. The van der Waals surface area contributed by atoms with Gasteiger partial charge in [0.15, 0.2) is 5.69 Å². The second-order valence-electron chi connectivity index (χ2n) is 4.45. The summed E-state index contributed by atoms with van der Waals surface area (Å²) in [4.78, 5) is 11.7. The van der Waals surface area contributed by atoms with Gasteiger partial charge in [0.25, 0.3) is 0 Å². The van der Waals surface area contributed by atoms with E-state index in [4.69, 9.17) is 10.3 Å². The molecule has 0 fully saturated rings. The number of anilines is 2. The van der Waals surface area contributed by atoms with Crippen LogP contribution in [0.25, 0.3) is 0 Å². The molecule has 9 nitrogen and oxygen atoms in total. The molecule has 6 N–H and O–H groups in total. The van der Waals surface area contributed by atoms with Crippen molar-refractivity contribution in [3.05, 3.63) is 40.4 Å². The first-order valence-electron chi connectivity index (χ1n) is 6.69. The molecule has 0 atom stereocenters. The van der Waals surface area contributed by atoms with Crippen LogP contribution in [-0.4, -0.2) is 35.3 Å². The molecule has 0 aliphatic carbocycles. The number of nitrogens with one attached hydrogen (secondary N) is 3. The van der Waals surface area contributed by atoms with Crippen LogP contribution < -0.4 is 21.7 Å². The predicted octanol–water partition coefficient (Wildman–Crippen LogP) is 1.90. The lowest BCUT2D eigenvalue weighted by Gasteiger charge is -2.09. The molecule has 11 heteroatoms. The summed E-state index contributed by atoms with van der Waals surface area (Å²) >= 11 is 3.05. The first-order valence-corrected chi connectivity index (χ1v) is 7.48. The average Bonchev–Trinajstić information content (AvgIpc) is 3.01. The van der Waals surface area contributed by atoms with E-state index in [1.54, 1.807) is 0 Å². The molecule has 2 amide bonds. The van der Waals surface area contributed by atoms with Crippen molar-refractivity contribution < 1.29 is 18.9 Å². The van der Waals surface area contributed by atoms with Gasteiger partial charge in [0.1, 0.15) is 17.8 Å². The second-order valence-corrected chi connectivity index (χ2v) is 5.30. The molecule has 0 radical (unpaired) electrons. The zero-order chi connectivity index (χ0) is 17.5. The minimum Gasteiger partial charge on any atom is -0.409 e. The Morgan fingerprint density at radius 3 is 2.92 bits per heavy atom. The fourth-order valence-corrected chi connectivity index (χ4v) is 2.07. The summed E-state index contributed by atoms with van der Waals surface area (Å²) < 4.78 is 18.3. The predicted molar refractivity (Wildman–Crippen MR) is 88.6 cm³/mol. The molecule has 0 bridgehead atoms. The highest BCUT2D eigenvalue weighted by Gasteiger charge is 2.18. The number of oxime groups is 1. The zero-order valence-electron chi connectivity index (χ0n) is 12.2. The largest absolute Gasteiger partial charge is 0.409 e. The fraction of sp³-hybridized carbons (Fsp3) is 0.154. The Morgan fingerprint density at radius 2 is 2.25 bits per heavy atom. The molecule has 1 aromatic carbocycles. The Balaban J connectivity index is 2.15. The first-order chi connectivity index (χ1) is 11.5. The van der Waals surface area contributed by atoms with E-state index in [1.807, 2.05) is 0 Å². The van der Waals surface area contributed by atoms with Crippen molar-refractivity contribution in [3.63, 3.8) is 0 Å². The Labute approximate surface area is 144 Å². The minimum atomic E-state index is -0.522. The smallest absolute Gasteiger partial charge is 0.319 e. The van der Waals surface area contributed by atoms with Crippen LogP contribution in [-0.2, 0) is 0 Å². The number of nitrogens with two attached hydrogens (primary N) is 1. The quantitative estimate of drug-likeness (QED) is 0.225. The third-order valence-corrected chi connectivity index (χ3v) is 3.36. The molecule has 0 spiro atoms. The van der Waals surface area contributed by atoms with Gasteiger partial charge in [-0.2, -0.15) is 0 Å². The number of amides is 2. The monoisotopic (exact) mass is 400 g/mol. The number of halogens is 2. The number of nitrogens with zero attached hydrogens (tertiary/aromatic N) is 2. The summed E-state index contributed by atoms with van der Waals surface area (Å²) in [5.74, 6) is -0.542. The summed E-state index contributed by atoms with van der Waals surface area (Å²) in [5, 5.41) is 23.7. The van der Waals surface area contributed by atoms with Crippen molar-refractivity contribution in [3.8, 4) is 0 Å². The minimum absolute atomic E-state index is 0.0563. The van der Waals surface area contributed by atoms with Gasteiger partial charge in [0.2, 0.25) is 5.84 Å². The van der Waals surface area contributed by atoms with Gasteiger partial charge in [0, 0.05) is 18.8 Å². The number of urea groups is 1. The maximum atomic E-state index is 13.3. The molecule has 0 aliphatic rings. The lowest BCUT2D eigenvalue weighted by Crippen LogP contribution is -2.33. The molecule has 24 heavy (non-hydrogen) atoms. The van der Waals surface area contributed by atoms with Crippen LogP contribution in [0.2, 0.25) is 0 Å². The van der Waals surface area contributed by atoms with Crippen LogP contribution in [0.3, 0.4) is 0 Å². The van der Waals surface area contributed by atoms with Gasteiger partial charge in [-0.1, -0.05) is 10.3 Å². The topological polar surface area (TPSA) is 138 Å². The van der Waals surface area contributed by atoms with E-state index in [0.717, 1.165) is 0 Å². The standard InChI is InChI=1S/C13H14BrFN6O3/c14-8-5-7(1-2-9(8)15)18-12(20-23)11-10(6-24-21-11)19-13(22)17-4-3-16/h1-2,5-6,23H,3-4,16H2,(H,18,20)(H2,17,19,22). The Morgan fingerprint density at radius 1 is 1.46 bits per heavy atom. The molecule has 2 rings (SSSR count). The molecule has 128 valence electrons. The van der Waals surface area contributed by atoms with Gasteiger partial charge in [-0.3, -0.25) is 0 Å². The third kappa shape index (κ3) is 4.43. The second kappa shape index (κ2) is 8.26. The van der Waals surface area contributed by atoms with E-state index in [1.165, 1.54) is 24.5 Å². The van der Waals surface area contributed by atoms with Crippen LogP contribution in [0.15, 0.2) is 38.6 Å². The average molecular weight is 401 g/mol. The van der Waals surface area contributed by atoms with Gasteiger partial charge in [0.05, 0.1) is 4.47 Å². The number of hydrogen-bond donors (Lipinski definition) is 5. The fourth-order valence-electron chi connectivity index (χ4n) is 1.69. The molecule has 0 aliphatic heterocycles. The summed E-state index contributed by atoms with van der Waals surface area (Å²) in [7, 11) is 0. The molecule has 0 saturated carbocycles. The van der Waals surface area contributed by atoms with Gasteiger partial charge < -0.3 is 31.4 Å². The SMILES string of the molecule is NCCNC(=O)Nc1conc1/C(=N/O)Nc1ccc(F)c(Br)c1. The number of benzene rings is 1. The molecule has 2 aromatic rings. The van der Waals surface area contributed by atoms with Crippen molar-refractivity contribution in [2.45, 2.75) is 0 Å². The number of amidine groups is 1. The molecule has 1 aromatic heterocycles. The maximum absolute atomic E-state index is 13.3. The molecule has 0 unspecified atom stereocenters. The highest BCUT2D eigenvalue weighted by Crippen LogP contribution is 2.22. The van der Waals surface area contributed by atoms with E-state index in [-0.39, 0.29) is 34.8 Å². The van der Waals surface area contributed by atoms with Crippen LogP contribution in [0.5, 0.6) is 0 Å². The number of rotatable bonds is 5. The van der Waals surface area contributed by atoms with Crippen molar-refractivity contribution in [1.82, 2.24) is 10.5 Å². The number of carbonyl (C=O) groups excluding carboxylic acids is 1. The number of carbonyl (C=O) groups is 1. The van der Waals surface area contributed by atoms with Gasteiger partial charge in [-0.05, 0) is 34.1 Å². The third-order valence-electron chi connectivity index (χ3n) is 2.75. The lowest BCUT2D eigenvalue weighted by molar-refractivity contribution is 0.252. The number of aromatic nitrogens is 1. The lowest BCUT2D eigenvalue weighted by atomic mass is 10.3.